The normalized spacial score (nSPS) is 11.8. The molecule has 2 amide bonds. The van der Waals surface area contributed by atoms with Gasteiger partial charge in [-0.25, -0.2) is 9.69 Å². The van der Waals surface area contributed by atoms with Crippen LogP contribution in [-0.4, -0.2) is 22.8 Å². The standard InChI is InChI=1S/C25H27FN2O4/c1-24(2,3)17-12-14-18(15-13-17)28(23(30)31-25(4,5)6)22(29)21-19(26)20(27-32-21)16-10-8-7-9-11-16/h7-15H,1-6H3. The van der Waals surface area contributed by atoms with E-state index in [1.165, 1.54) is 0 Å². The second-order valence-corrected chi connectivity index (χ2v) is 9.46. The molecule has 0 saturated carbocycles. The minimum absolute atomic E-state index is 0.110. The predicted molar refractivity (Wildman–Crippen MR) is 120 cm³/mol. The number of anilines is 1. The van der Waals surface area contributed by atoms with Crippen molar-refractivity contribution in [3.63, 3.8) is 0 Å². The largest absolute Gasteiger partial charge is 0.443 e. The first kappa shape index (κ1) is 23.2. The molecule has 3 aromatic rings. The highest BCUT2D eigenvalue weighted by Crippen LogP contribution is 2.29. The van der Waals surface area contributed by atoms with Crippen LogP contribution in [0.1, 0.15) is 57.7 Å². The molecule has 2 aromatic carbocycles. The number of hydrogen-bond acceptors (Lipinski definition) is 5. The molecule has 0 spiro atoms. The van der Waals surface area contributed by atoms with Crippen LogP contribution in [0.15, 0.2) is 59.1 Å². The maximum Gasteiger partial charge on any atom is 0.422 e. The Kier molecular flexibility index (Phi) is 6.21. The summed E-state index contributed by atoms with van der Waals surface area (Å²) >= 11 is 0. The number of amides is 2. The van der Waals surface area contributed by atoms with Crippen molar-refractivity contribution in [3.05, 3.63) is 71.7 Å². The molecular weight excluding hydrogens is 411 g/mol. The topological polar surface area (TPSA) is 72.6 Å². The van der Waals surface area contributed by atoms with Crippen LogP contribution >= 0.6 is 0 Å². The van der Waals surface area contributed by atoms with E-state index in [-0.39, 0.29) is 16.8 Å². The number of ether oxygens (including phenoxy) is 1. The fourth-order valence-electron chi connectivity index (χ4n) is 3.01. The highest BCUT2D eigenvalue weighted by molar-refractivity contribution is 6.18. The fraction of sp³-hybridized carbons (Fsp3) is 0.320. The number of hydrogen-bond donors (Lipinski definition) is 0. The van der Waals surface area contributed by atoms with E-state index < -0.39 is 29.2 Å². The lowest BCUT2D eigenvalue weighted by Gasteiger charge is -2.26. The van der Waals surface area contributed by atoms with Crippen LogP contribution < -0.4 is 4.90 Å². The number of imide groups is 1. The van der Waals surface area contributed by atoms with E-state index >= 15 is 4.39 Å². The molecule has 0 aliphatic carbocycles. The first-order valence-corrected chi connectivity index (χ1v) is 10.3. The summed E-state index contributed by atoms with van der Waals surface area (Å²) in [5.41, 5.74) is 0.591. The average molecular weight is 438 g/mol. The lowest BCUT2D eigenvalue weighted by Crippen LogP contribution is -2.41. The van der Waals surface area contributed by atoms with Crippen molar-refractivity contribution in [2.24, 2.45) is 0 Å². The van der Waals surface area contributed by atoms with Crippen molar-refractivity contribution >= 4 is 17.7 Å². The summed E-state index contributed by atoms with van der Waals surface area (Å²) in [7, 11) is 0. The molecule has 0 unspecified atom stereocenters. The van der Waals surface area contributed by atoms with Crippen molar-refractivity contribution in [3.8, 4) is 11.3 Å². The summed E-state index contributed by atoms with van der Waals surface area (Å²) in [5.74, 6) is -2.62. The molecule has 0 bridgehead atoms. The molecule has 0 aliphatic rings. The fourth-order valence-corrected chi connectivity index (χ4v) is 3.01. The Hall–Kier alpha value is -3.48. The van der Waals surface area contributed by atoms with E-state index in [2.05, 4.69) is 5.16 Å². The minimum Gasteiger partial charge on any atom is -0.443 e. The molecule has 0 saturated heterocycles. The summed E-state index contributed by atoms with van der Waals surface area (Å²) in [5, 5.41) is 3.71. The second kappa shape index (κ2) is 8.57. The van der Waals surface area contributed by atoms with E-state index in [0.717, 1.165) is 10.5 Å². The van der Waals surface area contributed by atoms with E-state index in [0.29, 0.717) is 5.56 Å². The van der Waals surface area contributed by atoms with Gasteiger partial charge in [0.1, 0.15) is 5.60 Å². The summed E-state index contributed by atoms with van der Waals surface area (Å²) < 4.78 is 25.6. The van der Waals surface area contributed by atoms with E-state index in [9.17, 15) is 9.59 Å². The first-order chi connectivity index (χ1) is 14.9. The van der Waals surface area contributed by atoms with Crippen molar-refractivity contribution in [1.29, 1.82) is 0 Å². The van der Waals surface area contributed by atoms with Gasteiger partial charge in [0, 0.05) is 5.56 Å². The SMILES string of the molecule is CC(C)(C)OC(=O)N(C(=O)c1onc(-c2ccccc2)c1F)c1ccc(C(C)(C)C)cc1. The average Bonchev–Trinajstić information content (AvgIpc) is 3.08. The zero-order valence-electron chi connectivity index (χ0n) is 19.1. The van der Waals surface area contributed by atoms with Gasteiger partial charge < -0.3 is 9.26 Å². The van der Waals surface area contributed by atoms with Crippen LogP contribution in [0.3, 0.4) is 0 Å². The van der Waals surface area contributed by atoms with Crippen LogP contribution in [0.25, 0.3) is 11.3 Å². The molecule has 0 fully saturated rings. The number of benzene rings is 2. The molecule has 0 radical (unpaired) electrons. The lowest BCUT2D eigenvalue weighted by atomic mass is 9.87. The van der Waals surface area contributed by atoms with E-state index in [4.69, 9.17) is 9.26 Å². The van der Waals surface area contributed by atoms with Crippen LogP contribution in [-0.2, 0) is 10.2 Å². The number of aromatic nitrogens is 1. The van der Waals surface area contributed by atoms with E-state index in [1.807, 2.05) is 32.9 Å². The molecule has 6 nitrogen and oxygen atoms in total. The van der Waals surface area contributed by atoms with E-state index in [1.54, 1.807) is 63.2 Å². The van der Waals surface area contributed by atoms with Crippen molar-refractivity contribution in [1.82, 2.24) is 5.16 Å². The van der Waals surface area contributed by atoms with Gasteiger partial charge in [0.15, 0.2) is 5.69 Å². The molecule has 32 heavy (non-hydrogen) atoms. The molecule has 7 heteroatoms. The zero-order valence-corrected chi connectivity index (χ0v) is 19.1. The maximum atomic E-state index is 15.1. The summed E-state index contributed by atoms with van der Waals surface area (Å²) in [6.45, 7) is 11.2. The Morgan fingerprint density at radius 3 is 2.06 bits per heavy atom. The number of nitrogens with zero attached hydrogens (tertiary/aromatic N) is 2. The van der Waals surface area contributed by atoms with Gasteiger partial charge in [0.25, 0.3) is 5.76 Å². The maximum absolute atomic E-state index is 15.1. The van der Waals surface area contributed by atoms with Gasteiger partial charge in [0.2, 0.25) is 5.82 Å². The minimum atomic E-state index is -1.00. The molecule has 1 aromatic heterocycles. The molecule has 0 atom stereocenters. The monoisotopic (exact) mass is 438 g/mol. The van der Waals surface area contributed by atoms with Crippen molar-refractivity contribution in [2.45, 2.75) is 52.6 Å². The third-order valence-corrected chi connectivity index (χ3v) is 4.65. The molecule has 3 rings (SSSR count). The summed E-state index contributed by atoms with van der Waals surface area (Å²) in [6.07, 6.45) is -0.942. The second-order valence-electron chi connectivity index (χ2n) is 9.46. The van der Waals surface area contributed by atoms with Crippen LogP contribution in [0, 0.1) is 5.82 Å². The lowest BCUT2D eigenvalue weighted by molar-refractivity contribution is 0.0558. The van der Waals surface area contributed by atoms with Gasteiger partial charge >= 0.3 is 12.0 Å². The van der Waals surface area contributed by atoms with Gasteiger partial charge in [0.05, 0.1) is 5.69 Å². The Bertz CT molecular complexity index is 1110. The van der Waals surface area contributed by atoms with Gasteiger partial charge in [-0.05, 0) is 43.9 Å². The smallest absolute Gasteiger partial charge is 0.422 e. The molecule has 0 N–H and O–H groups in total. The molecule has 1 heterocycles. The number of carbonyl (C=O) groups excluding carboxylic acids is 2. The van der Waals surface area contributed by atoms with Gasteiger partial charge in [-0.3, -0.25) is 4.79 Å². The highest BCUT2D eigenvalue weighted by atomic mass is 19.1. The zero-order chi connectivity index (χ0) is 23.7. The van der Waals surface area contributed by atoms with Gasteiger partial charge in [-0.15, -0.1) is 0 Å². The predicted octanol–water partition coefficient (Wildman–Crippen LogP) is 6.36. The Balaban J connectivity index is 2.03. The van der Waals surface area contributed by atoms with Crippen LogP contribution in [0.5, 0.6) is 0 Å². The third kappa shape index (κ3) is 5.04. The summed E-state index contributed by atoms with van der Waals surface area (Å²) in [4.78, 5) is 27.0. The Labute approximate surface area is 187 Å². The highest BCUT2D eigenvalue weighted by Gasteiger charge is 2.35. The van der Waals surface area contributed by atoms with Gasteiger partial charge in [-0.2, -0.15) is 4.39 Å². The van der Waals surface area contributed by atoms with Gasteiger partial charge in [-0.1, -0.05) is 68.4 Å². The Morgan fingerprint density at radius 2 is 1.53 bits per heavy atom. The number of rotatable bonds is 3. The van der Waals surface area contributed by atoms with Crippen LogP contribution in [0.4, 0.5) is 14.9 Å². The molecule has 0 aliphatic heterocycles. The summed E-state index contributed by atoms with van der Waals surface area (Å²) in [6, 6.07) is 15.4. The molecular formula is C25H27FN2O4. The quantitative estimate of drug-likeness (QED) is 0.476. The Morgan fingerprint density at radius 1 is 0.938 bits per heavy atom. The molecule has 168 valence electrons. The third-order valence-electron chi connectivity index (χ3n) is 4.65. The first-order valence-electron chi connectivity index (χ1n) is 10.3. The van der Waals surface area contributed by atoms with Crippen molar-refractivity contribution < 1.29 is 23.2 Å². The number of carbonyl (C=O) groups is 2. The van der Waals surface area contributed by atoms with Crippen LogP contribution in [0.2, 0.25) is 0 Å². The van der Waals surface area contributed by atoms with Crippen molar-refractivity contribution in [2.75, 3.05) is 4.90 Å². The number of halogens is 1.